The smallest absolute Gasteiger partial charge is 0.237 e. The molecular weight excluding hydrogens is 303 g/mol. The Balaban J connectivity index is 2.41. The van der Waals surface area contributed by atoms with E-state index >= 15 is 0 Å². The van der Waals surface area contributed by atoms with E-state index in [-0.39, 0.29) is 13.2 Å². The zero-order valence-electron chi connectivity index (χ0n) is 11.3. The molecule has 0 fully saturated rings. The van der Waals surface area contributed by atoms with Crippen LogP contribution in [0.1, 0.15) is 13.8 Å². The lowest BCUT2D eigenvalue weighted by Crippen LogP contribution is -2.53. The molecule has 5 nitrogen and oxygen atoms in total. The molecule has 0 aliphatic rings. The second kappa shape index (κ2) is 7.13. The third kappa shape index (κ3) is 5.17. The predicted molar refractivity (Wildman–Crippen MR) is 79.2 cm³/mol. The Hall–Kier alpha value is -1.01. The van der Waals surface area contributed by atoms with Gasteiger partial charge >= 0.3 is 0 Å². The van der Waals surface area contributed by atoms with Crippen molar-refractivity contribution in [3.63, 3.8) is 0 Å². The van der Waals surface area contributed by atoms with Gasteiger partial charge in [-0.3, -0.25) is 4.79 Å². The van der Waals surface area contributed by atoms with Crippen molar-refractivity contribution in [1.82, 2.24) is 5.32 Å². The number of carbonyl (C=O) groups is 1. The SMILES string of the molecule is CC(C)(NCC(O)COc1ccc(Cl)c(Cl)c1)C(N)=O. The van der Waals surface area contributed by atoms with E-state index < -0.39 is 17.6 Å². The normalized spacial score (nSPS) is 13.1. The van der Waals surface area contributed by atoms with E-state index in [0.29, 0.717) is 15.8 Å². The summed E-state index contributed by atoms with van der Waals surface area (Å²) in [5, 5.41) is 13.5. The minimum atomic E-state index is -0.884. The maximum absolute atomic E-state index is 11.1. The number of rotatable bonds is 7. The van der Waals surface area contributed by atoms with E-state index in [1.807, 2.05) is 0 Å². The molecule has 0 heterocycles. The van der Waals surface area contributed by atoms with Crippen LogP contribution in [0.5, 0.6) is 5.75 Å². The topological polar surface area (TPSA) is 84.6 Å². The van der Waals surface area contributed by atoms with Gasteiger partial charge in [-0.15, -0.1) is 0 Å². The molecule has 0 aromatic heterocycles. The average Bonchev–Trinajstić information content (AvgIpc) is 2.37. The van der Waals surface area contributed by atoms with Crippen LogP contribution in [0, 0.1) is 0 Å². The average molecular weight is 321 g/mol. The number of primary amides is 1. The number of aliphatic hydroxyl groups excluding tert-OH is 1. The van der Waals surface area contributed by atoms with Crippen LogP contribution < -0.4 is 15.8 Å². The molecule has 0 aliphatic heterocycles. The van der Waals surface area contributed by atoms with Gasteiger partial charge in [0.05, 0.1) is 15.6 Å². The lowest BCUT2D eigenvalue weighted by molar-refractivity contribution is -0.123. The first-order valence-corrected chi connectivity index (χ1v) is 6.79. The summed E-state index contributed by atoms with van der Waals surface area (Å²) < 4.78 is 5.38. The fraction of sp³-hybridized carbons (Fsp3) is 0.462. The van der Waals surface area contributed by atoms with Crippen molar-refractivity contribution in [2.45, 2.75) is 25.5 Å². The molecule has 20 heavy (non-hydrogen) atoms. The van der Waals surface area contributed by atoms with Crippen LogP contribution in [0.2, 0.25) is 10.0 Å². The molecule has 0 saturated heterocycles. The number of nitrogens with two attached hydrogens (primary N) is 1. The Bertz CT molecular complexity index is 481. The summed E-state index contributed by atoms with van der Waals surface area (Å²) in [7, 11) is 0. The molecule has 0 radical (unpaired) electrons. The maximum atomic E-state index is 11.1. The Morgan fingerprint density at radius 2 is 2.10 bits per heavy atom. The number of aliphatic hydroxyl groups is 1. The van der Waals surface area contributed by atoms with Gasteiger partial charge in [-0.1, -0.05) is 23.2 Å². The highest BCUT2D eigenvalue weighted by Crippen LogP contribution is 2.26. The lowest BCUT2D eigenvalue weighted by atomic mass is 10.1. The van der Waals surface area contributed by atoms with Crippen LogP contribution in [0.3, 0.4) is 0 Å². The molecule has 4 N–H and O–H groups in total. The first kappa shape index (κ1) is 17.0. The number of hydrogen-bond acceptors (Lipinski definition) is 4. The van der Waals surface area contributed by atoms with Gasteiger partial charge in [-0.2, -0.15) is 0 Å². The van der Waals surface area contributed by atoms with Crippen molar-refractivity contribution >= 4 is 29.1 Å². The summed E-state index contributed by atoms with van der Waals surface area (Å²) >= 11 is 11.6. The fourth-order valence-electron chi connectivity index (χ4n) is 1.28. The Morgan fingerprint density at radius 1 is 1.45 bits per heavy atom. The molecule has 1 aromatic rings. The van der Waals surface area contributed by atoms with Crippen molar-refractivity contribution in [2.75, 3.05) is 13.2 Å². The summed E-state index contributed by atoms with van der Waals surface area (Å²) in [6.07, 6.45) is -0.789. The van der Waals surface area contributed by atoms with E-state index in [2.05, 4.69) is 5.32 Å². The van der Waals surface area contributed by atoms with Gasteiger partial charge in [-0.25, -0.2) is 0 Å². The molecular formula is C13H18Cl2N2O3. The van der Waals surface area contributed by atoms with E-state index in [1.54, 1.807) is 32.0 Å². The number of halogens is 2. The third-order valence-corrected chi connectivity index (χ3v) is 3.47. The van der Waals surface area contributed by atoms with E-state index in [9.17, 15) is 9.90 Å². The highest BCUT2D eigenvalue weighted by atomic mass is 35.5. The molecule has 112 valence electrons. The zero-order valence-corrected chi connectivity index (χ0v) is 12.8. The van der Waals surface area contributed by atoms with Gasteiger partial charge in [0.1, 0.15) is 18.5 Å². The maximum Gasteiger partial charge on any atom is 0.237 e. The molecule has 0 saturated carbocycles. The van der Waals surface area contributed by atoms with Crippen LogP contribution in [0.4, 0.5) is 0 Å². The van der Waals surface area contributed by atoms with Crippen LogP contribution >= 0.6 is 23.2 Å². The number of benzene rings is 1. The van der Waals surface area contributed by atoms with Gasteiger partial charge in [0.25, 0.3) is 0 Å². The number of hydrogen-bond donors (Lipinski definition) is 3. The Morgan fingerprint density at radius 3 is 2.65 bits per heavy atom. The van der Waals surface area contributed by atoms with Crippen molar-refractivity contribution < 1.29 is 14.6 Å². The highest BCUT2D eigenvalue weighted by molar-refractivity contribution is 6.42. The van der Waals surface area contributed by atoms with Gasteiger partial charge in [0, 0.05) is 12.6 Å². The fourth-order valence-corrected chi connectivity index (χ4v) is 1.57. The van der Waals surface area contributed by atoms with Crippen LogP contribution in [-0.4, -0.2) is 35.8 Å². The number of ether oxygens (including phenoxy) is 1. The van der Waals surface area contributed by atoms with Gasteiger partial charge in [-0.05, 0) is 26.0 Å². The third-order valence-electron chi connectivity index (χ3n) is 2.73. The number of carbonyl (C=O) groups excluding carboxylic acids is 1. The first-order valence-electron chi connectivity index (χ1n) is 6.03. The Kier molecular flexibility index (Phi) is 6.07. The summed E-state index contributed by atoms with van der Waals surface area (Å²) in [6, 6.07) is 4.83. The van der Waals surface area contributed by atoms with Gasteiger partial charge < -0.3 is 20.9 Å². The van der Waals surface area contributed by atoms with E-state index in [4.69, 9.17) is 33.7 Å². The van der Waals surface area contributed by atoms with E-state index in [0.717, 1.165) is 0 Å². The van der Waals surface area contributed by atoms with Crippen molar-refractivity contribution in [1.29, 1.82) is 0 Å². The molecule has 0 aliphatic carbocycles. The molecule has 7 heteroatoms. The molecule has 1 atom stereocenters. The predicted octanol–water partition coefficient (Wildman–Crippen LogP) is 1.59. The highest BCUT2D eigenvalue weighted by Gasteiger charge is 2.24. The molecule has 1 aromatic carbocycles. The second-order valence-electron chi connectivity index (χ2n) is 4.91. The largest absolute Gasteiger partial charge is 0.491 e. The van der Waals surface area contributed by atoms with Crippen LogP contribution in [0.25, 0.3) is 0 Å². The zero-order chi connectivity index (χ0) is 15.3. The van der Waals surface area contributed by atoms with Crippen LogP contribution in [-0.2, 0) is 4.79 Å². The lowest BCUT2D eigenvalue weighted by Gasteiger charge is -2.24. The Labute approximate surface area is 128 Å². The summed E-state index contributed by atoms with van der Waals surface area (Å²) in [5.41, 5.74) is 4.33. The monoisotopic (exact) mass is 320 g/mol. The second-order valence-corrected chi connectivity index (χ2v) is 5.73. The quantitative estimate of drug-likeness (QED) is 0.712. The van der Waals surface area contributed by atoms with Crippen molar-refractivity contribution in [3.8, 4) is 5.75 Å². The molecule has 1 amide bonds. The van der Waals surface area contributed by atoms with E-state index in [1.165, 1.54) is 0 Å². The molecule has 0 bridgehead atoms. The van der Waals surface area contributed by atoms with Gasteiger partial charge in [0.15, 0.2) is 0 Å². The first-order chi connectivity index (χ1) is 9.22. The minimum absolute atomic E-state index is 0.0554. The summed E-state index contributed by atoms with van der Waals surface area (Å²) in [6.45, 7) is 3.51. The summed E-state index contributed by atoms with van der Waals surface area (Å²) in [4.78, 5) is 11.1. The van der Waals surface area contributed by atoms with Crippen molar-refractivity contribution in [2.24, 2.45) is 5.73 Å². The standard InChI is InChI=1S/C13H18Cl2N2O3/c1-13(2,12(16)19)17-6-8(18)7-20-9-3-4-10(14)11(15)5-9/h3-5,8,17-18H,6-7H2,1-2H3,(H2,16,19). The molecule has 1 rings (SSSR count). The molecule has 1 unspecified atom stereocenters. The molecule has 0 spiro atoms. The number of β-amino-alcohol motifs (C(OH)–C–C–N with tert-alkyl or cyclic N) is 1. The number of amides is 1. The number of nitrogens with one attached hydrogen (secondary N) is 1. The van der Waals surface area contributed by atoms with Gasteiger partial charge in [0.2, 0.25) is 5.91 Å². The summed E-state index contributed by atoms with van der Waals surface area (Å²) in [5.74, 6) is 0.0164. The minimum Gasteiger partial charge on any atom is -0.491 e. The van der Waals surface area contributed by atoms with Crippen molar-refractivity contribution in [3.05, 3.63) is 28.2 Å². The van der Waals surface area contributed by atoms with Crippen LogP contribution in [0.15, 0.2) is 18.2 Å².